The van der Waals surface area contributed by atoms with Crippen molar-refractivity contribution in [3.05, 3.63) is 24.9 Å². The molecule has 10 heteroatoms. The number of nitrogens with one attached hydrogen (secondary N) is 2. The van der Waals surface area contributed by atoms with E-state index in [1.54, 1.807) is 12.4 Å². The average molecular weight is 338 g/mol. The van der Waals surface area contributed by atoms with Gasteiger partial charge in [0.15, 0.2) is 10.8 Å². The van der Waals surface area contributed by atoms with Crippen LogP contribution >= 0.6 is 0 Å². The Morgan fingerprint density at radius 2 is 2.26 bits per heavy atom. The van der Waals surface area contributed by atoms with Gasteiger partial charge in [0.2, 0.25) is 0 Å². The van der Waals surface area contributed by atoms with Crippen LogP contribution < -0.4 is 14.4 Å². The minimum Gasteiger partial charge on any atom is -0.475 e. The molecule has 0 amide bonds. The van der Waals surface area contributed by atoms with E-state index in [1.165, 1.54) is 12.5 Å². The monoisotopic (exact) mass is 338 g/mol. The largest absolute Gasteiger partial charge is 0.475 e. The summed E-state index contributed by atoms with van der Waals surface area (Å²) >= 11 is 0. The molecule has 2 aromatic rings. The molecule has 3 rings (SSSR count). The number of aromatic amines is 1. The molecule has 3 heterocycles. The van der Waals surface area contributed by atoms with E-state index in [0.717, 1.165) is 0 Å². The second kappa shape index (κ2) is 6.50. The first kappa shape index (κ1) is 15.7. The molecule has 2 aromatic heterocycles. The summed E-state index contributed by atoms with van der Waals surface area (Å²) in [6.45, 7) is 3.56. The van der Waals surface area contributed by atoms with Gasteiger partial charge < -0.3 is 14.6 Å². The highest BCUT2D eigenvalue weighted by molar-refractivity contribution is 7.89. The van der Waals surface area contributed by atoms with Crippen LogP contribution in [0, 0.1) is 0 Å². The number of H-pyrrole nitrogens is 1. The van der Waals surface area contributed by atoms with Crippen LogP contribution in [0.5, 0.6) is 5.88 Å². The van der Waals surface area contributed by atoms with E-state index in [2.05, 4.69) is 24.7 Å². The molecule has 0 spiro atoms. The number of rotatable bonds is 6. The summed E-state index contributed by atoms with van der Waals surface area (Å²) in [4.78, 5) is 16.8. The lowest BCUT2D eigenvalue weighted by Crippen LogP contribution is -2.37. The fourth-order valence-corrected chi connectivity index (χ4v) is 3.66. The van der Waals surface area contributed by atoms with Crippen molar-refractivity contribution in [2.24, 2.45) is 0 Å². The van der Waals surface area contributed by atoms with Gasteiger partial charge in [0.1, 0.15) is 0 Å². The molecule has 0 saturated carbocycles. The van der Waals surface area contributed by atoms with Crippen LogP contribution in [0.4, 0.5) is 5.82 Å². The van der Waals surface area contributed by atoms with E-state index < -0.39 is 10.0 Å². The topological polar surface area (TPSA) is 113 Å². The molecule has 9 nitrogen and oxygen atoms in total. The maximum atomic E-state index is 12.2. The van der Waals surface area contributed by atoms with Crippen LogP contribution in [0.15, 0.2) is 29.9 Å². The SMILES string of the molecule is CCOc1nccnc1N1CC[C@@H](NS(=O)(=O)c2cnc[nH]2)C1. The van der Waals surface area contributed by atoms with Crippen LogP contribution in [0.1, 0.15) is 13.3 Å². The molecular weight excluding hydrogens is 320 g/mol. The predicted molar refractivity (Wildman–Crippen MR) is 82.7 cm³/mol. The van der Waals surface area contributed by atoms with Crippen molar-refractivity contribution in [2.45, 2.75) is 24.4 Å². The number of imidazole rings is 1. The van der Waals surface area contributed by atoms with Crippen LogP contribution in [0.3, 0.4) is 0 Å². The maximum absolute atomic E-state index is 12.2. The number of sulfonamides is 1. The number of anilines is 1. The summed E-state index contributed by atoms with van der Waals surface area (Å²) in [7, 11) is -3.59. The number of hydrogen-bond acceptors (Lipinski definition) is 7. The zero-order valence-electron chi connectivity index (χ0n) is 12.6. The lowest BCUT2D eigenvalue weighted by atomic mass is 10.3. The molecule has 0 aliphatic carbocycles. The Hall–Kier alpha value is -2.20. The van der Waals surface area contributed by atoms with Crippen molar-refractivity contribution in [3.8, 4) is 5.88 Å². The molecule has 0 unspecified atom stereocenters. The van der Waals surface area contributed by atoms with Crippen LogP contribution in [-0.4, -0.2) is 54.1 Å². The molecule has 1 saturated heterocycles. The van der Waals surface area contributed by atoms with Crippen LogP contribution in [-0.2, 0) is 10.0 Å². The van der Waals surface area contributed by atoms with E-state index >= 15 is 0 Å². The first-order valence-electron chi connectivity index (χ1n) is 7.29. The third-order valence-electron chi connectivity index (χ3n) is 3.50. The summed E-state index contributed by atoms with van der Waals surface area (Å²) in [6.07, 6.45) is 6.47. The highest BCUT2D eigenvalue weighted by atomic mass is 32.2. The van der Waals surface area contributed by atoms with E-state index in [-0.39, 0.29) is 11.1 Å². The molecule has 1 atom stereocenters. The zero-order chi connectivity index (χ0) is 16.3. The first-order chi connectivity index (χ1) is 11.1. The quantitative estimate of drug-likeness (QED) is 0.771. The fraction of sp³-hybridized carbons (Fsp3) is 0.462. The van der Waals surface area contributed by atoms with Gasteiger partial charge in [0.05, 0.1) is 19.1 Å². The zero-order valence-corrected chi connectivity index (χ0v) is 13.5. The molecule has 1 fully saturated rings. The minimum atomic E-state index is -3.59. The Kier molecular flexibility index (Phi) is 4.44. The van der Waals surface area contributed by atoms with Gasteiger partial charge in [0.25, 0.3) is 15.9 Å². The number of nitrogens with zero attached hydrogens (tertiary/aromatic N) is 4. The number of hydrogen-bond donors (Lipinski definition) is 2. The third kappa shape index (κ3) is 3.42. The summed E-state index contributed by atoms with van der Waals surface area (Å²) in [5.41, 5.74) is 0. The summed E-state index contributed by atoms with van der Waals surface area (Å²) in [6, 6.07) is -0.209. The fourth-order valence-electron chi connectivity index (χ4n) is 2.50. The van der Waals surface area contributed by atoms with Crippen molar-refractivity contribution in [3.63, 3.8) is 0 Å². The number of ether oxygens (including phenoxy) is 1. The van der Waals surface area contributed by atoms with Crippen LogP contribution in [0.25, 0.3) is 0 Å². The third-order valence-corrected chi connectivity index (χ3v) is 4.95. The molecule has 1 aliphatic rings. The Morgan fingerprint density at radius 1 is 1.43 bits per heavy atom. The highest BCUT2D eigenvalue weighted by Gasteiger charge is 2.30. The molecule has 23 heavy (non-hydrogen) atoms. The molecule has 2 N–H and O–H groups in total. The Labute approximate surface area is 134 Å². The van der Waals surface area contributed by atoms with Crippen molar-refractivity contribution >= 4 is 15.8 Å². The smallest absolute Gasteiger partial charge is 0.257 e. The van der Waals surface area contributed by atoms with Gasteiger partial charge in [-0.1, -0.05) is 0 Å². The molecule has 1 aliphatic heterocycles. The standard InChI is InChI=1S/C13H18N6O3S/c1-2-22-13-12(15-4-5-16-13)19-6-3-10(8-19)18-23(20,21)11-7-14-9-17-11/h4-5,7,9-10,18H,2-3,6,8H2,1H3,(H,14,17)/t10-/m1/s1. The Bertz CT molecular complexity index is 749. The van der Waals surface area contributed by atoms with Gasteiger partial charge in [-0.05, 0) is 13.3 Å². The molecule has 0 aromatic carbocycles. The van der Waals surface area contributed by atoms with Gasteiger partial charge in [0, 0.05) is 31.5 Å². The molecule has 0 bridgehead atoms. The molecule has 0 radical (unpaired) electrons. The van der Waals surface area contributed by atoms with E-state index in [0.29, 0.717) is 37.8 Å². The summed E-state index contributed by atoms with van der Waals surface area (Å²) < 4.78 is 32.6. The number of aromatic nitrogens is 4. The van der Waals surface area contributed by atoms with Gasteiger partial charge in [-0.25, -0.2) is 28.1 Å². The van der Waals surface area contributed by atoms with Crippen molar-refractivity contribution in [1.82, 2.24) is 24.7 Å². The van der Waals surface area contributed by atoms with E-state index in [4.69, 9.17) is 4.74 Å². The summed E-state index contributed by atoms with van der Waals surface area (Å²) in [5.74, 6) is 1.10. The molecule has 124 valence electrons. The Morgan fingerprint density at radius 3 is 3.00 bits per heavy atom. The average Bonchev–Trinajstić information content (AvgIpc) is 3.19. The van der Waals surface area contributed by atoms with Crippen LogP contribution in [0.2, 0.25) is 0 Å². The van der Waals surface area contributed by atoms with Gasteiger partial charge >= 0.3 is 0 Å². The van der Waals surface area contributed by atoms with Crippen molar-refractivity contribution < 1.29 is 13.2 Å². The normalized spacial score (nSPS) is 18.3. The van der Waals surface area contributed by atoms with Gasteiger partial charge in [-0.15, -0.1) is 0 Å². The van der Waals surface area contributed by atoms with E-state index in [9.17, 15) is 8.42 Å². The second-order valence-corrected chi connectivity index (χ2v) is 6.77. The summed E-state index contributed by atoms with van der Waals surface area (Å²) in [5, 5.41) is 0.0606. The lowest BCUT2D eigenvalue weighted by molar-refractivity contribution is 0.326. The van der Waals surface area contributed by atoms with E-state index in [1.807, 2.05) is 11.8 Å². The van der Waals surface area contributed by atoms with Gasteiger partial charge in [-0.2, -0.15) is 0 Å². The highest BCUT2D eigenvalue weighted by Crippen LogP contribution is 2.26. The van der Waals surface area contributed by atoms with Crippen molar-refractivity contribution in [2.75, 3.05) is 24.6 Å². The van der Waals surface area contributed by atoms with Gasteiger partial charge in [-0.3, -0.25) is 0 Å². The molecular formula is C13H18N6O3S. The van der Waals surface area contributed by atoms with Crippen molar-refractivity contribution in [1.29, 1.82) is 0 Å². The minimum absolute atomic E-state index is 0.0606. The first-order valence-corrected chi connectivity index (χ1v) is 8.78. The predicted octanol–water partition coefficient (Wildman–Crippen LogP) is 0.156. The maximum Gasteiger partial charge on any atom is 0.257 e. The second-order valence-electron chi connectivity index (χ2n) is 5.09. The lowest BCUT2D eigenvalue weighted by Gasteiger charge is -2.19. The Balaban J connectivity index is 1.70.